The lowest BCUT2D eigenvalue weighted by Crippen LogP contribution is -2.27. The molecule has 3 rings (SSSR count). The lowest BCUT2D eigenvalue weighted by Gasteiger charge is -2.09. The number of amides is 2. The summed E-state index contributed by atoms with van der Waals surface area (Å²) in [6, 6.07) is 10.6. The fourth-order valence-electron chi connectivity index (χ4n) is 2.82. The molecule has 1 heterocycles. The number of halogens is 1. The molecule has 0 aliphatic rings. The molecule has 28 heavy (non-hydrogen) atoms. The zero-order chi connectivity index (χ0) is 20.1. The second-order valence-electron chi connectivity index (χ2n) is 6.53. The number of carbonyl (C=O) groups excluding carboxylic acids is 2. The molecule has 146 valence electrons. The van der Waals surface area contributed by atoms with E-state index in [1.165, 1.54) is 0 Å². The second-order valence-corrected chi connectivity index (χ2v) is 6.97. The van der Waals surface area contributed by atoms with Gasteiger partial charge in [-0.3, -0.25) is 9.59 Å². The average Bonchev–Trinajstić information content (AvgIpc) is 3.07. The number of hydrogen-bond donors (Lipinski definition) is 2. The van der Waals surface area contributed by atoms with Gasteiger partial charge >= 0.3 is 0 Å². The Labute approximate surface area is 168 Å². The van der Waals surface area contributed by atoms with E-state index in [0.29, 0.717) is 21.8 Å². The zero-order valence-corrected chi connectivity index (χ0v) is 16.6. The number of hydrogen-bond acceptors (Lipinski definition) is 4. The van der Waals surface area contributed by atoms with Crippen molar-refractivity contribution in [2.75, 3.05) is 11.9 Å². The minimum absolute atomic E-state index is 0.159. The van der Waals surface area contributed by atoms with Crippen molar-refractivity contribution in [3.8, 4) is 0 Å². The SMILES string of the molecule is CCCn1nnc2cc(C(=O)NCCC(=O)Nc3cc(Cl)ccc3C)ccc21. The molecule has 0 fully saturated rings. The molecule has 0 bridgehead atoms. The highest BCUT2D eigenvalue weighted by molar-refractivity contribution is 6.31. The lowest BCUT2D eigenvalue weighted by atomic mass is 10.2. The van der Waals surface area contributed by atoms with Crippen LogP contribution >= 0.6 is 11.6 Å². The number of nitrogens with zero attached hydrogens (tertiary/aromatic N) is 3. The minimum Gasteiger partial charge on any atom is -0.352 e. The van der Waals surface area contributed by atoms with Gasteiger partial charge in [0, 0.05) is 35.8 Å². The Bertz CT molecular complexity index is 1010. The minimum atomic E-state index is -0.251. The summed E-state index contributed by atoms with van der Waals surface area (Å²) in [5, 5.41) is 14.3. The van der Waals surface area contributed by atoms with Crippen molar-refractivity contribution in [3.63, 3.8) is 0 Å². The van der Waals surface area contributed by atoms with Gasteiger partial charge in [-0.2, -0.15) is 0 Å². The molecule has 0 radical (unpaired) electrons. The number of anilines is 1. The molecule has 2 aromatic carbocycles. The van der Waals surface area contributed by atoms with Gasteiger partial charge < -0.3 is 10.6 Å². The molecule has 2 N–H and O–H groups in total. The molecule has 0 aliphatic carbocycles. The molecule has 0 saturated heterocycles. The number of aryl methyl sites for hydroxylation is 2. The van der Waals surface area contributed by atoms with Crippen LogP contribution in [-0.4, -0.2) is 33.4 Å². The molecule has 1 aromatic heterocycles. The highest BCUT2D eigenvalue weighted by Gasteiger charge is 2.11. The van der Waals surface area contributed by atoms with Crippen LogP contribution < -0.4 is 10.6 Å². The van der Waals surface area contributed by atoms with Crippen LogP contribution in [0, 0.1) is 6.92 Å². The van der Waals surface area contributed by atoms with E-state index < -0.39 is 0 Å². The Hall–Kier alpha value is -2.93. The lowest BCUT2D eigenvalue weighted by molar-refractivity contribution is -0.116. The summed E-state index contributed by atoms with van der Waals surface area (Å²) in [5.74, 6) is -0.442. The molecule has 0 aliphatic heterocycles. The van der Waals surface area contributed by atoms with Crippen molar-refractivity contribution in [2.45, 2.75) is 33.2 Å². The van der Waals surface area contributed by atoms with Crippen LogP contribution in [0.1, 0.15) is 35.7 Å². The third-order valence-corrected chi connectivity index (χ3v) is 4.56. The van der Waals surface area contributed by atoms with Gasteiger partial charge in [0.1, 0.15) is 5.52 Å². The van der Waals surface area contributed by atoms with E-state index in [0.717, 1.165) is 24.0 Å². The standard InChI is InChI=1S/C20H22ClN5O2/c1-3-10-26-18-7-5-14(11-17(18)24-25-26)20(28)22-9-8-19(27)23-16-12-15(21)6-4-13(16)2/h4-7,11-12H,3,8-10H2,1-2H3,(H,22,28)(H,23,27). The van der Waals surface area contributed by atoms with Crippen LogP contribution in [0.25, 0.3) is 11.0 Å². The second kappa shape index (κ2) is 8.84. The maximum absolute atomic E-state index is 12.3. The predicted octanol–water partition coefficient (Wildman–Crippen LogP) is 3.56. The summed E-state index contributed by atoms with van der Waals surface area (Å²) in [5.41, 5.74) is 3.66. The smallest absolute Gasteiger partial charge is 0.251 e. The van der Waals surface area contributed by atoms with E-state index in [1.807, 2.05) is 23.7 Å². The maximum Gasteiger partial charge on any atom is 0.251 e. The van der Waals surface area contributed by atoms with Gasteiger partial charge in [0.05, 0.1) is 5.52 Å². The van der Waals surface area contributed by atoms with Crippen LogP contribution in [0.5, 0.6) is 0 Å². The quantitative estimate of drug-likeness (QED) is 0.635. The van der Waals surface area contributed by atoms with E-state index in [1.54, 1.807) is 24.3 Å². The van der Waals surface area contributed by atoms with Crippen LogP contribution in [0.3, 0.4) is 0 Å². The van der Waals surface area contributed by atoms with Crippen molar-refractivity contribution in [1.82, 2.24) is 20.3 Å². The Kier molecular flexibility index (Phi) is 6.26. The van der Waals surface area contributed by atoms with Gasteiger partial charge in [0.15, 0.2) is 0 Å². The first kappa shape index (κ1) is 19.8. The predicted molar refractivity (Wildman–Crippen MR) is 110 cm³/mol. The summed E-state index contributed by atoms with van der Waals surface area (Å²) in [6.45, 7) is 4.97. The number of carbonyl (C=O) groups is 2. The summed E-state index contributed by atoms with van der Waals surface area (Å²) in [4.78, 5) is 24.5. The van der Waals surface area contributed by atoms with E-state index in [2.05, 4.69) is 27.9 Å². The number of fused-ring (bicyclic) bond motifs is 1. The normalized spacial score (nSPS) is 10.8. The molecule has 2 amide bonds. The first-order chi connectivity index (χ1) is 13.5. The van der Waals surface area contributed by atoms with Gasteiger partial charge in [-0.1, -0.05) is 29.8 Å². The fourth-order valence-corrected chi connectivity index (χ4v) is 3.00. The molecule has 8 heteroatoms. The molecule has 0 atom stereocenters. The molecular weight excluding hydrogens is 378 g/mol. The zero-order valence-electron chi connectivity index (χ0n) is 15.8. The molecule has 3 aromatic rings. The topological polar surface area (TPSA) is 88.9 Å². The number of rotatable bonds is 7. The van der Waals surface area contributed by atoms with Crippen molar-refractivity contribution < 1.29 is 9.59 Å². The third kappa shape index (κ3) is 4.67. The largest absolute Gasteiger partial charge is 0.352 e. The summed E-state index contributed by atoms with van der Waals surface area (Å²) in [7, 11) is 0. The first-order valence-corrected chi connectivity index (χ1v) is 9.53. The van der Waals surface area contributed by atoms with E-state index in [9.17, 15) is 9.59 Å². The number of nitrogens with one attached hydrogen (secondary N) is 2. The van der Waals surface area contributed by atoms with E-state index in [-0.39, 0.29) is 24.8 Å². The van der Waals surface area contributed by atoms with Gasteiger partial charge in [0.25, 0.3) is 5.91 Å². The fraction of sp³-hybridized carbons (Fsp3) is 0.300. The molecule has 0 unspecified atom stereocenters. The van der Waals surface area contributed by atoms with Crippen LogP contribution in [0.15, 0.2) is 36.4 Å². The summed E-state index contributed by atoms with van der Waals surface area (Å²) in [6.07, 6.45) is 1.12. The Balaban J connectivity index is 1.54. The van der Waals surface area contributed by atoms with Gasteiger partial charge in [-0.05, 0) is 49.2 Å². The summed E-state index contributed by atoms with van der Waals surface area (Å²) >= 11 is 5.96. The molecule has 0 saturated carbocycles. The van der Waals surface area contributed by atoms with Crippen LogP contribution in [0.2, 0.25) is 5.02 Å². The molecular formula is C20H22ClN5O2. The number of benzene rings is 2. The third-order valence-electron chi connectivity index (χ3n) is 4.32. The average molecular weight is 400 g/mol. The molecule has 7 nitrogen and oxygen atoms in total. The van der Waals surface area contributed by atoms with Crippen molar-refractivity contribution >= 4 is 40.1 Å². The number of aromatic nitrogens is 3. The van der Waals surface area contributed by atoms with Crippen LogP contribution in [0.4, 0.5) is 5.69 Å². The highest BCUT2D eigenvalue weighted by Crippen LogP contribution is 2.20. The van der Waals surface area contributed by atoms with Crippen molar-refractivity contribution in [3.05, 3.63) is 52.5 Å². The van der Waals surface area contributed by atoms with Crippen molar-refractivity contribution in [1.29, 1.82) is 0 Å². The van der Waals surface area contributed by atoms with Gasteiger partial charge in [-0.15, -0.1) is 5.10 Å². The molecule has 0 spiro atoms. The Morgan fingerprint density at radius 1 is 1.18 bits per heavy atom. The van der Waals surface area contributed by atoms with Crippen LogP contribution in [-0.2, 0) is 11.3 Å². The maximum atomic E-state index is 12.3. The van der Waals surface area contributed by atoms with Gasteiger partial charge in [-0.25, -0.2) is 4.68 Å². The monoisotopic (exact) mass is 399 g/mol. The first-order valence-electron chi connectivity index (χ1n) is 9.15. The summed E-state index contributed by atoms with van der Waals surface area (Å²) < 4.78 is 1.82. The Morgan fingerprint density at radius 2 is 2.00 bits per heavy atom. The van der Waals surface area contributed by atoms with E-state index >= 15 is 0 Å². The highest BCUT2D eigenvalue weighted by atomic mass is 35.5. The van der Waals surface area contributed by atoms with Crippen molar-refractivity contribution in [2.24, 2.45) is 0 Å². The van der Waals surface area contributed by atoms with Gasteiger partial charge in [0.2, 0.25) is 5.91 Å². The Morgan fingerprint density at radius 3 is 2.79 bits per heavy atom. The van der Waals surface area contributed by atoms with E-state index in [4.69, 9.17) is 11.6 Å².